The standard InChI is InChI=1S/C17H30O8/c1-15(2,3)24-13(19)21-9-10-11(17(7,8)12(18)22-10)23-14(20)25-16(4,5)6/h10-12,18H,9H2,1-8H3/t10-,11-,12-/m1/s1. The predicted octanol–water partition coefficient (Wildman–Crippen LogP) is 3.00. The quantitative estimate of drug-likeness (QED) is 0.765. The first kappa shape index (κ1) is 21.5. The van der Waals surface area contributed by atoms with E-state index in [1.807, 2.05) is 0 Å². The van der Waals surface area contributed by atoms with Gasteiger partial charge in [-0.1, -0.05) is 13.8 Å². The maximum absolute atomic E-state index is 12.0. The number of carbonyl (C=O) groups is 2. The van der Waals surface area contributed by atoms with Crippen molar-refractivity contribution in [1.29, 1.82) is 0 Å². The van der Waals surface area contributed by atoms with Crippen molar-refractivity contribution in [2.75, 3.05) is 6.61 Å². The summed E-state index contributed by atoms with van der Waals surface area (Å²) in [4.78, 5) is 23.6. The molecule has 1 aliphatic rings. The molecule has 1 aliphatic heterocycles. The summed E-state index contributed by atoms with van der Waals surface area (Å²) in [5, 5.41) is 10.1. The van der Waals surface area contributed by atoms with E-state index in [4.69, 9.17) is 23.7 Å². The van der Waals surface area contributed by atoms with Gasteiger partial charge in [-0.3, -0.25) is 0 Å². The number of hydrogen-bond donors (Lipinski definition) is 1. The molecule has 0 aromatic rings. The van der Waals surface area contributed by atoms with Crippen LogP contribution in [0.5, 0.6) is 0 Å². The van der Waals surface area contributed by atoms with Crippen LogP contribution in [0.25, 0.3) is 0 Å². The maximum Gasteiger partial charge on any atom is 0.509 e. The lowest BCUT2D eigenvalue weighted by molar-refractivity contribution is -0.136. The van der Waals surface area contributed by atoms with Gasteiger partial charge in [-0.25, -0.2) is 9.59 Å². The molecule has 1 fully saturated rings. The molecule has 1 saturated heterocycles. The third-order valence-corrected chi connectivity index (χ3v) is 3.38. The van der Waals surface area contributed by atoms with Gasteiger partial charge in [-0.15, -0.1) is 0 Å². The Bertz CT molecular complexity index is 486. The maximum atomic E-state index is 12.0. The fourth-order valence-corrected chi connectivity index (χ4v) is 2.19. The molecule has 1 rings (SSSR count). The Morgan fingerprint density at radius 3 is 1.96 bits per heavy atom. The fourth-order valence-electron chi connectivity index (χ4n) is 2.19. The van der Waals surface area contributed by atoms with E-state index in [9.17, 15) is 14.7 Å². The summed E-state index contributed by atoms with van der Waals surface area (Å²) in [5.74, 6) is 0. The average Bonchev–Trinajstić information content (AvgIpc) is 2.55. The topological polar surface area (TPSA) is 101 Å². The third-order valence-electron chi connectivity index (χ3n) is 3.38. The van der Waals surface area contributed by atoms with Gasteiger partial charge in [0, 0.05) is 0 Å². The molecule has 0 aromatic heterocycles. The van der Waals surface area contributed by atoms with Crippen LogP contribution < -0.4 is 0 Å². The second kappa shape index (κ2) is 7.37. The molecular formula is C17H30O8. The van der Waals surface area contributed by atoms with Crippen molar-refractivity contribution in [3.05, 3.63) is 0 Å². The molecule has 0 saturated carbocycles. The van der Waals surface area contributed by atoms with E-state index < -0.39 is 47.4 Å². The van der Waals surface area contributed by atoms with E-state index >= 15 is 0 Å². The number of ether oxygens (including phenoxy) is 5. The SMILES string of the molecule is CC(C)(C)OC(=O)OC[C@H]1O[C@@H](O)C(C)(C)[C@@H]1OC(=O)OC(C)(C)C. The van der Waals surface area contributed by atoms with Crippen molar-refractivity contribution in [3.8, 4) is 0 Å². The lowest BCUT2D eigenvalue weighted by atomic mass is 9.86. The van der Waals surface area contributed by atoms with Crippen molar-refractivity contribution >= 4 is 12.3 Å². The van der Waals surface area contributed by atoms with Gasteiger partial charge >= 0.3 is 12.3 Å². The average molecular weight is 362 g/mol. The van der Waals surface area contributed by atoms with Gasteiger partial charge in [0.05, 0.1) is 5.41 Å². The number of hydrogen-bond acceptors (Lipinski definition) is 8. The lowest BCUT2D eigenvalue weighted by Gasteiger charge is -2.30. The summed E-state index contributed by atoms with van der Waals surface area (Å²) in [6.45, 7) is 13.4. The first-order valence-electron chi connectivity index (χ1n) is 8.21. The summed E-state index contributed by atoms with van der Waals surface area (Å²) in [5.41, 5.74) is -2.32. The fraction of sp³-hybridized carbons (Fsp3) is 0.882. The van der Waals surface area contributed by atoms with Crippen LogP contribution in [-0.4, -0.2) is 53.7 Å². The Morgan fingerprint density at radius 1 is 1.00 bits per heavy atom. The smallest absolute Gasteiger partial charge is 0.431 e. The van der Waals surface area contributed by atoms with Gasteiger partial charge in [0.1, 0.15) is 30.0 Å². The number of rotatable bonds is 3. The highest BCUT2D eigenvalue weighted by Gasteiger charge is 2.53. The molecule has 0 amide bonds. The normalized spacial score (nSPS) is 26.0. The lowest BCUT2D eigenvalue weighted by Crippen LogP contribution is -2.42. The summed E-state index contributed by atoms with van der Waals surface area (Å²) < 4.78 is 25.9. The summed E-state index contributed by atoms with van der Waals surface area (Å²) in [6, 6.07) is 0. The number of aliphatic hydroxyl groups is 1. The molecule has 8 heteroatoms. The first-order chi connectivity index (χ1) is 11.1. The largest absolute Gasteiger partial charge is 0.509 e. The van der Waals surface area contributed by atoms with E-state index in [1.165, 1.54) is 0 Å². The van der Waals surface area contributed by atoms with E-state index in [1.54, 1.807) is 55.4 Å². The molecule has 0 aliphatic carbocycles. The Morgan fingerprint density at radius 2 is 1.48 bits per heavy atom. The van der Waals surface area contributed by atoms with Gasteiger partial charge in [-0.2, -0.15) is 0 Å². The Kier molecular flexibility index (Phi) is 6.34. The summed E-state index contributed by atoms with van der Waals surface area (Å²) in [7, 11) is 0. The van der Waals surface area contributed by atoms with E-state index in [0.29, 0.717) is 0 Å². The Hall–Kier alpha value is -1.54. The molecule has 3 atom stereocenters. The van der Waals surface area contributed by atoms with Crippen LogP contribution >= 0.6 is 0 Å². The zero-order chi connectivity index (χ0) is 19.6. The van der Waals surface area contributed by atoms with Gasteiger partial charge in [0.2, 0.25) is 0 Å². The molecule has 25 heavy (non-hydrogen) atoms. The molecule has 0 bridgehead atoms. The van der Waals surface area contributed by atoms with Gasteiger partial charge in [-0.05, 0) is 41.5 Å². The second-order valence-corrected chi connectivity index (χ2v) is 8.63. The minimum atomic E-state index is -1.19. The van der Waals surface area contributed by atoms with Crippen molar-refractivity contribution in [2.45, 2.75) is 85.1 Å². The highest BCUT2D eigenvalue weighted by molar-refractivity contribution is 5.61. The molecule has 0 radical (unpaired) electrons. The van der Waals surface area contributed by atoms with Crippen LogP contribution in [0.3, 0.4) is 0 Å². The minimum absolute atomic E-state index is 0.233. The summed E-state index contributed by atoms with van der Waals surface area (Å²) in [6.07, 6.45) is -4.64. The number of aliphatic hydroxyl groups excluding tert-OH is 1. The van der Waals surface area contributed by atoms with Crippen LogP contribution in [0.15, 0.2) is 0 Å². The second-order valence-electron chi connectivity index (χ2n) is 8.63. The van der Waals surface area contributed by atoms with E-state index in [-0.39, 0.29) is 6.61 Å². The monoisotopic (exact) mass is 362 g/mol. The summed E-state index contributed by atoms with van der Waals surface area (Å²) >= 11 is 0. The minimum Gasteiger partial charge on any atom is -0.431 e. The van der Waals surface area contributed by atoms with Gasteiger partial charge in [0.15, 0.2) is 6.29 Å². The highest BCUT2D eigenvalue weighted by Crippen LogP contribution is 2.39. The van der Waals surface area contributed by atoms with Crippen molar-refractivity contribution in [1.82, 2.24) is 0 Å². The van der Waals surface area contributed by atoms with Crippen molar-refractivity contribution in [3.63, 3.8) is 0 Å². The molecular weight excluding hydrogens is 332 g/mol. The van der Waals surface area contributed by atoms with Crippen molar-refractivity contribution < 1.29 is 38.4 Å². The van der Waals surface area contributed by atoms with Crippen LogP contribution in [-0.2, 0) is 23.7 Å². The van der Waals surface area contributed by atoms with Crippen LogP contribution in [0.1, 0.15) is 55.4 Å². The molecule has 0 spiro atoms. The Balaban J connectivity index is 2.73. The molecule has 0 aromatic carbocycles. The van der Waals surface area contributed by atoms with Gasteiger partial charge in [0.25, 0.3) is 0 Å². The first-order valence-corrected chi connectivity index (χ1v) is 8.21. The molecule has 0 unspecified atom stereocenters. The molecule has 1 heterocycles. The zero-order valence-electron chi connectivity index (χ0n) is 16.2. The highest BCUT2D eigenvalue weighted by atomic mass is 16.8. The van der Waals surface area contributed by atoms with Gasteiger partial charge < -0.3 is 28.8 Å². The molecule has 1 N–H and O–H groups in total. The van der Waals surface area contributed by atoms with Crippen LogP contribution in [0, 0.1) is 5.41 Å². The van der Waals surface area contributed by atoms with Crippen molar-refractivity contribution in [2.24, 2.45) is 5.41 Å². The van der Waals surface area contributed by atoms with Crippen LogP contribution in [0.2, 0.25) is 0 Å². The van der Waals surface area contributed by atoms with Crippen LogP contribution in [0.4, 0.5) is 9.59 Å². The third kappa shape index (κ3) is 6.70. The Labute approximate surface area is 148 Å². The number of carbonyl (C=O) groups excluding carboxylic acids is 2. The predicted molar refractivity (Wildman–Crippen MR) is 88.0 cm³/mol. The molecule has 8 nitrogen and oxygen atoms in total. The van der Waals surface area contributed by atoms with E-state index in [2.05, 4.69) is 0 Å². The zero-order valence-corrected chi connectivity index (χ0v) is 16.2. The van der Waals surface area contributed by atoms with E-state index in [0.717, 1.165) is 0 Å². The molecule has 146 valence electrons.